The Hall–Kier alpha value is -1.60. The molecule has 1 N–H and O–H groups in total. The fourth-order valence-corrected chi connectivity index (χ4v) is 2.48. The average Bonchev–Trinajstić information content (AvgIpc) is 2.42. The molecule has 0 saturated heterocycles. The summed E-state index contributed by atoms with van der Waals surface area (Å²) in [6.07, 6.45) is 0. The van der Waals surface area contributed by atoms with Gasteiger partial charge >= 0.3 is 0 Å². The lowest BCUT2D eigenvalue weighted by Crippen LogP contribution is -2.14. The third kappa shape index (κ3) is 3.71. The van der Waals surface area contributed by atoms with E-state index in [4.69, 9.17) is 0 Å². The topological polar surface area (TPSA) is 12.0 Å². The van der Waals surface area contributed by atoms with Crippen LogP contribution in [0, 0.1) is 13.8 Å². The molecule has 0 aromatic heterocycles. The third-order valence-electron chi connectivity index (χ3n) is 3.92. The molecule has 0 spiro atoms. The highest BCUT2D eigenvalue weighted by atomic mass is 14.8. The van der Waals surface area contributed by atoms with Crippen LogP contribution in [-0.2, 0) is 13.1 Å². The zero-order valence-electron chi connectivity index (χ0n) is 13.0. The van der Waals surface area contributed by atoms with E-state index in [1.807, 2.05) is 0 Å². The fraction of sp³-hybridized carbons (Fsp3) is 0.368. The second-order valence-electron chi connectivity index (χ2n) is 5.87. The molecule has 1 heteroatoms. The molecule has 106 valence electrons. The maximum absolute atomic E-state index is 3.55. The van der Waals surface area contributed by atoms with Crippen LogP contribution in [0.15, 0.2) is 42.5 Å². The Kier molecular flexibility index (Phi) is 4.97. The molecule has 0 fully saturated rings. The van der Waals surface area contributed by atoms with Gasteiger partial charge in [-0.05, 0) is 47.6 Å². The van der Waals surface area contributed by atoms with Crippen LogP contribution < -0.4 is 5.32 Å². The van der Waals surface area contributed by atoms with Crippen LogP contribution in [0.1, 0.15) is 47.6 Å². The molecule has 0 heterocycles. The van der Waals surface area contributed by atoms with Crippen LogP contribution in [0.5, 0.6) is 0 Å². The second kappa shape index (κ2) is 6.71. The van der Waals surface area contributed by atoms with Gasteiger partial charge in [-0.1, -0.05) is 56.3 Å². The van der Waals surface area contributed by atoms with Crippen LogP contribution in [-0.4, -0.2) is 0 Å². The van der Waals surface area contributed by atoms with Crippen LogP contribution in [0.2, 0.25) is 0 Å². The van der Waals surface area contributed by atoms with Crippen molar-refractivity contribution in [2.75, 3.05) is 0 Å². The van der Waals surface area contributed by atoms with Gasteiger partial charge in [0.25, 0.3) is 0 Å². The van der Waals surface area contributed by atoms with Crippen molar-refractivity contribution in [2.45, 2.75) is 46.7 Å². The smallest absolute Gasteiger partial charge is 0.0213 e. The van der Waals surface area contributed by atoms with Crippen molar-refractivity contribution in [3.63, 3.8) is 0 Å². The summed E-state index contributed by atoms with van der Waals surface area (Å²) < 4.78 is 0. The number of aryl methyl sites for hydroxylation is 2. The summed E-state index contributed by atoms with van der Waals surface area (Å²) in [5.41, 5.74) is 6.91. The van der Waals surface area contributed by atoms with Gasteiger partial charge < -0.3 is 5.32 Å². The van der Waals surface area contributed by atoms with E-state index in [-0.39, 0.29) is 0 Å². The van der Waals surface area contributed by atoms with Crippen molar-refractivity contribution in [2.24, 2.45) is 0 Å². The van der Waals surface area contributed by atoms with Crippen molar-refractivity contribution in [3.05, 3.63) is 70.3 Å². The molecule has 0 aliphatic carbocycles. The van der Waals surface area contributed by atoms with Crippen molar-refractivity contribution in [1.29, 1.82) is 0 Å². The van der Waals surface area contributed by atoms with Crippen LogP contribution >= 0.6 is 0 Å². The van der Waals surface area contributed by atoms with Gasteiger partial charge in [0.05, 0.1) is 0 Å². The van der Waals surface area contributed by atoms with Crippen molar-refractivity contribution in [1.82, 2.24) is 5.32 Å². The van der Waals surface area contributed by atoms with Crippen molar-refractivity contribution in [3.8, 4) is 0 Å². The molecule has 2 rings (SSSR count). The second-order valence-corrected chi connectivity index (χ2v) is 5.87. The van der Waals surface area contributed by atoms with Gasteiger partial charge in [0.15, 0.2) is 0 Å². The van der Waals surface area contributed by atoms with E-state index in [1.54, 1.807) is 0 Å². The Balaban J connectivity index is 1.93. The number of hydrogen-bond donors (Lipinski definition) is 1. The maximum atomic E-state index is 3.55. The van der Waals surface area contributed by atoms with E-state index in [0.717, 1.165) is 13.1 Å². The summed E-state index contributed by atoms with van der Waals surface area (Å²) in [5, 5.41) is 3.55. The van der Waals surface area contributed by atoms with Crippen molar-refractivity contribution >= 4 is 0 Å². The number of benzene rings is 2. The molecular weight excluding hydrogens is 242 g/mol. The predicted molar refractivity (Wildman–Crippen MR) is 87.0 cm³/mol. The van der Waals surface area contributed by atoms with Crippen LogP contribution in [0.25, 0.3) is 0 Å². The first-order valence-corrected chi connectivity index (χ1v) is 7.42. The summed E-state index contributed by atoms with van der Waals surface area (Å²) in [6, 6.07) is 15.4. The first kappa shape index (κ1) is 14.8. The summed E-state index contributed by atoms with van der Waals surface area (Å²) >= 11 is 0. The van der Waals surface area contributed by atoms with E-state index < -0.39 is 0 Å². The normalized spacial score (nSPS) is 11.1. The Morgan fingerprint density at radius 3 is 2.00 bits per heavy atom. The summed E-state index contributed by atoms with van der Waals surface area (Å²) in [6.45, 7) is 10.7. The molecular formula is C19H25N. The highest BCUT2D eigenvalue weighted by molar-refractivity contribution is 5.33. The standard InChI is InChI=1S/C19H25N/c1-14(2)18-10-8-17(9-11-18)12-20-13-19-15(3)6-5-7-16(19)4/h5-11,14,20H,12-13H2,1-4H3. The molecule has 0 unspecified atom stereocenters. The monoisotopic (exact) mass is 267 g/mol. The van der Waals surface area contributed by atoms with Gasteiger partial charge in [-0.25, -0.2) is 0 Å². The molecule has 0 amide bonds. The molecule has 0 saturated carbocycles. The molecule has 0 atom stereocenters. The largest absolute Gasteiger partial charge is 0.309 e. The van der Waals surface area contributed by atoms with Gasteiger partial charge in [0.1, 0.15) is 0 Å². The predicted octanol–water partition coefficient (Wildman–Crippen LogP) is 4.72. The summed E-state index contributed by atoms with van der Waals surface area (Å²) in [5.74, 6) is 0.603. The third-order valence-corrected chi connectivity index (χ3v) is 3.92. The first-order chi connectivity index (χ1) is 9.58. The van der Waals surface area contributed by atoms with Gasteiger partial charge in [0.2, 0.25) is 0 Å². The average molecular weight is 267 g/mol. The molecule has 1 nitrogen and oxygen atoms in total. The van der Waals surface area contributed by atoms with Crippen molar-refractivity contribution < 1.29 is 0 Å². The molecule has 0 bridgehead atoms. The highest BCUT2D eigenvalue weighted by Crippen LogP contribution is 2.15. The van der Waals surface area contributed by atoms with E-state index in [9.17, 15) is 0 Å². The maximum Gasteiger partial charge on any atom is 0.0213 e. The molecule has 2 aromatic rings. The lowest BCUT2D eigenvalue weighted by Gasteiger charge is -2.11. The Morgan fingerprint density at radius 1 is 0.850 bits per heavy atom. The molecule has 0 radical (unpaired) electrons. The lowest BCUT2D eigenvalue weighted by atomic mass is 10.0. The number of nitrogens with one attached hydrogen (secondary N) is 1. The Morgan fingerprint density at radius 2 is 1.45 bits per heavy atom. The molecule has 2 aromatic carbocycles. The van der Waals surface area contributed by atoms with Gasteiger partial charge in [-0.15, -0.1) is 0 Å². The van der Waals surface area contributed by atoms with Gasteiger partial charge in [-0.3, -0.25) is 0 Å². The quantitative estimate of drug-likeness (QED) is 0.826. The Bertz CT molecular complexity index is 532. The van der Waals surface area contributed by atoms with E-state index >= 15 is 0 Å². The molecule has 0 aliphatic heterocycles. The van der Waals surface area contributed by atoms with Gasteiger partial charge in [0, 0.05) is 13.1 Å². The molecule has 0 aliphatic rings. The molecule has 20 heavy (non-hydrogen) atoms. The van der Waals surface area contributed by atoms with Crippen LogP contribution in [0.3, 0.4) is 0 Å². The summed E-state index contributed by atoms with van der Waals surface area (Å²) in [7, 11) is 0. The van der Waals surface area contributed by atoms with Gasteiger partial charge in [-0.2, -0.15) is 0 Å². The first-order valence-electron chi connectivity index (χ1n) is 7.42. The lowest BCUT2D eigenvalue weighted by molar-refractivity contribution is 0.687. The van der Waals surface area contributed by atoms with E-state index in [2.05, 4.69) is 75.5 Å². The Labute approximate surface area is 123 Å². The van der Waals surface area contributed by atoms with E-state index in [0.29, 0.717) is 5.92 Å². The SMILES string of the molecule is Cc1cccc(C)c1CNCc1ccc(C(C)C)cc1. The zero-order chi connectivity index (χ0) is 14.5. The highest BCUT2D eigenvalue weighted by Gasteiger charge is 2.02. The minimum atomic E-state index is 0.603. The summed E-state index contributed by atoms with van der Waals surface area (Å²) in [4.78, 5) is 0. The van der Waals surface area contributed by atoms with E-state index in [1.165, 1.54) is 27.8 Å². The van der Waals surface area contributed by atoms with Crippen LogP contribution in [0.4, 0.5) is 0 Å². The number of hydrogen-bond acceptors (Lipinski definition) is 1. The fourth-order valence-electron chi connectivity index (χ4n) is 2.48. The number of rotatable bonds is 5. The zero-order valence-corrected chi connectivity index (χ0v) is 13.0. The minimum Gasteiger partial charge on any atom is -0.309 e. The minimum absolute atomic E-state index is 0.603.